The molecule has 0 amide bonds. The first-order valence-electron chi connectivity index (χ1n) is 6.48. The van der Waals surface area contributed by atoms with Gasteiger partial charge in [-0.2, -0.15) is 0 Å². The Hall–Kier alpha value is -2.75. The number of aliphatic imine (C=N–C) groups is 1. The third-order valence-electron chi connectivity index (χ3n) is 2.97. The van der Waals surface area contributed by atoms with Gasteiger partial charge in [-0.25, -0.2) is 0 Å². The Kier molecular flexibility index (Phi) is 4.61. The van der Waals surface area contributed by atoms with Crippen LogP contribution >= 0.6 is 0 Å². The van der Waals surface area contributed by atoms with Crippen molar-refractivity contribution < 1.29 is 14.9 Å². The summed E-state index contributed by atoms with van der Waals surface area (Å²) in [5, 5.41) is 19.4. The second-order valence-electron chi connectivity index (χ2n) is 4.50. The van der Waals surface area contributed by atoms with Gasteiger partial charge in [-0.15, -0.1) is 6.58 Å². The summed E-state index contributed by atoms with van der Waals surface area (Å²) in [6.45, 7) is 3.70. The molecule has 2 aromatic rings. The summed E-state index contributed by atoms with van der Waals surface area (Å²) in [4.78, 5) is 4.28. The maximum absolute atomic E-state index is 10.1. The molecule has 0 saturated carbocycles. The van der Waals surface area contributed by atoms with Gasteiger partial charge in [0.05, 0.1) is 12.8 Å². The van der Waals surface area contributed by atoms with Crippen LogP contribution in [0.25, 0.3) is 0 Å². The molecule has 0 saturated heterocycles. The first-order valence-corrected chi connectivity index (χ1v) is 6.48. The van der Waals surface area contributed by atoms with Crippen LogP contribution in [0.3, 0.4) is 0 Å². The van der Waals surface area contributed by atoms with Crippen LogP contribution in [0.15, 0.2) is 54.0 Å². The lowest BCUT2D eigenvalue weighted by atomic mass is 10.1. The van der Waals surface area contributed by atoms with Crippen LogP contribution in [-0.4, -0.2) is 23.5 Å². The predicted octanol–water partition coefficient (Wildman–Crippen LogP) is 3.59. The summed E-state index contributed by atoms with van der Waals surface area (Å²) < 4.78 is 5.16. The maximum Gasteiger partial charge on any atom is 0.166 e. The molecule has 21 heavy (non-hydrogen) atoms. The summed E-state index contributed by atoms with van der Waals surface area (Å²) in [5.41, 5.74) is 2.23. The highest BCUT2D eigenvalue weighted by Gasteiger charge is 2.08. The molecule has 4 heteroatoms. The van der Waals surface area contributed by atoms with Crippen LogP contribution in [-0.2, 0) is 6.42 Å². The first-order chi connectivity index (χ1) is 10.1. The molecule has 4 nitrogen and oxygen atoms in total. The fourth-order valence-electron chi connectivity index (χ4n) is 1.91. The lowest BCUT2D eigenvalue weighted by Gasteiger charge is -2.08. The number of hydrogen-bond donors (Lipinski definition) is 2. The topological polar surface area (TPSA) is 62.1 Å². The Labute approximate surface area is 123 Å². The van der Waals surface area contributed by atoms with Crippen molar-refractivity contribution in [3.05, 3.63) is 60.2 Å². The van der Waals surface area contributed by atoms with E-state index in [4.69, 9.17) is 4.74 Å². The van der Waals surface area contributed by atoms with Crippen LogP contribution in [0, 0.1) is 0 Å². The van der Waals surface area contributed by atoms with E-state index in [9.17, 15) is 10.2 Å². The van der Waals surface area contributed by atoms with Gasteiger partial charge in [-0.3, -0.25) is 4.99 Å². The van der Waals surface area contributed by atoms with E-state index in [-0.39, 0.29) is 11.5 Å². The highest BCUT2D eigenvalue weighted by atomic mass is 16.5. The molecule has 0 aliphatic carbocycles. The van der Waals surface area contributed by atoms with Crippen molar-refractivity contribution in [3.63, 3.8) is 0 Å². The van der Waals surface area contributed by atoms with Crippen molar-refractivity contribution >= 4 is 11.9 Å². The SMILES string of the molecule is C=CCc1cc(C=Nc2ccc(O)cc2)c(O)c(OC)c1. The highest BCUT2D eigenvalue weighted by Crippen LogP contribution is 2.31. The average molecular weight is 283 g/mol. The van der Waals surface area contributed by atoms with Gasteiger partial charge >= 0.3 is 0 Å². The molecule has 2 aromatic carbocycles. The Morgan fingerprint density at radius 3 is 2.52 bits per heavy atom. The van der Waals surface area contributed by atoms with Crippen molar-refractivity contribution in [1.29, 1.82) is 0 Å². The van der Waals surface area contributed by atoms with Crippen molar-refractivity contribution in [2.45, 2.75) is 6.42 Å². The van der Waals surface area contributed by atoms with Gasteiger partial charge in [0.2, 0.25) is 0 Å². The normalized spacial score (nSPS) is 10.7. The molecule has 0 heterocycles. The summed E-state index contributed by atoms with van der Waals surface area (Å²) >= 11 is 0. The van der Waals surface area contributed by atoms with Gasteiger partial charge in [0, 0.05) is 11.8 Å². The lowest BCUT2D eigenvalue weighted by Crippen LogP contribution is -1.93. The van der Waals surface area contributed by atoms with E-state index in [1.165, 1.54) is 7.11 Å². The molecule has 0 atom stereocenters. The predicted molar refractivity (Wildman–Crippen MR) is 83.9 cm³/mol. The Morgan fingerprint density at radius 1 is 1.19 bits per heavy atom. The molecule has 0 radical (unpaired) electrons. The molecule has 0 spiro atoms. The summed E-state index contributed by atoms with van der Waals surface area (Å²) in [7, 11) is 1.51. The third kappa shape index (κ3) is 3.63. The van der Waals surface area contributed by atoms with Crippen molar-refractivity contribution in [3.8, 4) is 17.2 Å². The quantitative estimate of drug-likeness (QED) is 0.651. The molecule has 0 unspecified atom stereocenters. The van der Waals surface area contributed by atoms with Crippen molar-refractivity contribution in [2.24, 2.45) is 4.99 Å². The number of phenols is 2. The third-order valence-corrected chi connectivity index (χ3v) is 2.97. The minimum absolute atomic E-state index is 0.0489. The zero-order chi connectivity index (χ0) is 15.2. The fourth-order valence-corrected chi connectivity index (χ4v) is 1.91. The monoisotopic (exact) mass is 283 g/mol. The smallest absolute Gasteiger partial charge is 0.166 e. The first kappa shape index (κ1) is 14.7. The Bertz CT molecular complexity index is 660. The van der Waals surface area contributed by atoms with Crippen LogP contribution in [0.5, 0.6) is 17.2 Å². The number of nitrogens with zero attached hydrogens (tertiary/aromatic N) is 1. The number of methoxy groups -OCH3 is 1. The molecule has 0 bridgehead atoms. The van der Waals surface area contributed by atoms with Crippen LogP contribution in [0.4, 0.5) is 5.69 Å². The molecule has 0 aliphatic heterocycles. The molecular weight excluding hydrogens is 266 g/mol. The summed E-state index contributed by atoms with van der Waals surface area (Å²) in [5.74, 6) is 0.640. The fraction of sp³-hybridized carbons (Fsp3) is 0.118. The highest BCUT2D eigenvalue weighted by molar-refractivity contribution is 5.87. The number of aromatic hydroxyl groups is 2. The summed E-state index contributed by atoms with van der Waals surface area (Å²) in [6.07, 6.45) is 4.03. The minimum atomic E-state index is 0.0489. The molecule has 2 N–H and O–H groups in total. The van der Waals surface area contributed by atoms with Gasteiger partial charge in [0.15, 0.2) is 11.5 Å². The van der Waals surface area contributed by atoms with Crippen LogP contribution in [0.2, 0.25) is 0 Å². The second-order valence-corrected chi connectivity index (χ2v) is 4.50. The number of hydrogen-bond acceptors (Lipinski definition) is 4. The molecule has 0 aliphatic rings. The number of rotatable bonds is 5. The van der Waals surface area contributed by atoms with Crippen molar-refractivity contribution in [2.75, 3.05) is 7.11 Å². The zero-order valence-corrected chi connectivity index (χ0v) is 11.8. The van der Waals surface area contributed by atoms with E-state index in [1.807, 2.05) is 6.07 Å². The van der Waals surface area contributed by atoms with E-state index >= 15 is 0 Å². The van der Waals surface area contributed by atoms with Gasteiger partial charge in [0.25, 0.3) is 0 Å². The van der Waals surface area contributed by atoms with Gasteiger partial charge < -0.3 is 14.9 Å². The number of allylic oxidation sites excluding steroid dienone is 1. The second kappa shape index (κ2) is 6.61. The molecule has 108 valence electrons. The number of phenolic OH excluding ortho intramolecular Hbond substituents is 2. The number of benzene rings is 2. The molecular formula is C17H17NO3. The van der Waals surface area contributed by atoms with E-state index in [0.717, 1.165) is 5.56 Å². The van der Waals surface area contributed by atoms with Gasteiger partial charge in [-0.05, 0) is 48.4 Å². The van der Waals surface area contributed by atoms with Crippen molar-refractivity contribution in [1.82, 2.24) is 0 Å². The Morgan fingerprint density at radius 2 is 1.90 bits per heavy atom. The lowest BCUT2D eigenvalue weighted by molar-refractivity contribution is 0.372. The van der Waals surface area contributed by atoms with E-state index in [0.29, 0.717) is 23.4 Å². The zero-order valence-electron chi connectivity index (χ0n) is 11.8. The maximum atomic E-state index is 10.1. The largest absolute Gasteiger partial charge is 0.508 e. The van der Waals surface area contributed by atoms with Crippen LogP contribution < -0.4 is 4.74 Å². The van der Waals surface area contributed by atoms with Gasteiger partial charge in [0.1, 0.15) is 5.75 Å². The van der Waals surface area contributed by atoms with Crippen LogP contribution in [0.1, 0.15) is 11.1 Å². The average Bonchev–Trinajstić information content (AvgIpc) is 2.49. The molecule has 0 fully saturated rings. The Balaban J connectivity index is 2.35. The van der Waals surface area contributed by atoms with E-state index in [1.54, 1.807) is 42.6 Å². The van der Waals surface area contributed by atoms with E-state index in [2.05, 4.69) is 11.6 Å². The molecule has 0 aromatic heterocycles. The standard InChI is InChI=1S/C17H17NO3/c1-3-4-12-9-13(17(20)16(10-12)21-2)11-18-14-5-7-15(19)8-6-14/h3,5-11,19-20H,1,4H2,2H3. The van der Waals surface area contributed by atoms with E-state index < -0.39 is 0 Å². The molecule has 2 rings (SSSR count). The minimum Gasteiger partial charge on any atom is -0.508 e. The van der Waals surface area contributed by atoms with Gasteiger partial charge in [-0.1, -0.05) is 6.08 Å². The summed E-state index contributed by atoms with van der Waals surface area (Å²) in [6, 6.07) is 10.1. The number of ether oxygens (including phenoxy) is 1.